The third-order valence-electron chi connectivity index (χ3n) is 3.30. The van der Waals surface area contributed by atoms with E-state index in [1.807, 2.05) is 31.3 Å². The molecule has 4 heteroatoms. The first-order chi connectivity index (χ1) is 9.51. The summed E-state index contributed by atoms with van der Waals surface area (Å²) in [5.74, 6) is 0.429. The molecule has 0 unspecified atom stereocenters. The number of nitrogens with one attached hydrogen (secondary N) is 2. The second kappa shape index (κ2) is 5.74. The van der Waals surface area contributed by atoms with Crippen LogP contribution in [0.25, 0.3) is 11.3 Å². The zero-order valence-electron chi connectivity index (χ0n) is 12.2. The van der Waals surface area contributed by atoms with Gasteiger partial charge in [-0.2, -0.15) is 0 Å². The third-order valence-corrected chi connectivity index (χ3v) is 3.30. The molecular formula is C16H19N3O. The van der Waals surface area contributed by atoms with Gasteiger partial charge in [0.2, 0.25) is 5.91 Å². The van der Waals surface area contributed by atoms with Crippen LogP contribution in [0.1, 0.15) is 18.1 Å². The van der Waals surface area contributed by atoms with Crippen LogP contribution in [0.2, 0.25) is 0 Å². The van der Waals surface area contributed by atoms with Gasteiger partial charge in [-0.1, -0.05) is 18.2 Å². The molecule has 0 saturated carbocycles. The Kier molecular flexibility index (Phi) is 4.03. The lowest BCUT2D eigenvalue weighted by Crippen LogP contribution is -2.08. The van der Waals surface area contributed by atoms with Gasteiger partial charge in [-0.25, -0.2) is 4.98 Å². The molecule has 1 aromatic carbocycles. The molecule has 0 atom stereocenters. The van der Waals surface area contributed by atoms with Crippen molar-refractivity contribution in [2.75, 3.05) is 17.7 Å². The standard InChI is InChI=1S/C16H19N3O/c1-10-6-5-7-14(11(10)2)15-8-13(17-4)9-16(19-15)18-12(3)20/h5-9H,1-4H3,(H2,17,18,19,20). The van der Waals surface area contributed by atoms with Crippen molar-refractivity contribution in [3.05, 3.63) is 41.5 Å². The number of pyridine rings is 1. The van der Waals surface area contributed by atoms with Crippen LogP contribution >= 0.6 is 0 Å². The predicted molar refractivity (Wildman–Crippen MR) is 83.0 cm³/mol. The maximum absolute atomic E-state index is 11.2. The van der Waals surface area contributed by atoms with Gasteiger partial charge in [0.1, 0.15) is 5.82 Å². The van der Waals surface area contributed by atoms with Crippen molar-refractivity contribution < 1.29 is 4.79 Å². The van der Waals surface area contributed by atoms with E-state index in [4.69, 9.17) is 0 Å². The first kappa shape index (κ1) is 14.1. The van der Waals surface area contributed by atoms with Crippen molar-refractivity contribution >= 4 is 17.4 Å². The number of carbonyl (C=O) groups excluding carboxylic acids is 1. The number of hydrogen-bond acceptors (Lipinski definition) is 3. The van der Waals surface area contributed by atoms with Gasteiger partial charge >= 0.3 is 0 Å². The third kappa shape index (κ3) is 2.96. The molecule has 0 bridgehead atoms. The average Bonchev–Trinajstić information content (AvgIpc) is 2.40. The number of hydrogen-bond donors (Lipinski definition) is 2. The molecule has 2 N–H and O–H groups in total. The molecule has 0 aliphatic carbocycles. The topological polar surface area (TPSA) is 54.0 Å². The molecule has 0 aliphatic rings. The Bertz CT molecular complexity index is 650. The van der Waals surface area contributed by atoms with Gasteiger partial charge in [0.25, 0.3) is 0 Å². The average molecular weight is 269 g/mol. The van der Waals surface area contributed by atoms with E-state index in [0.717, 1.165) is 16.9 Å². The minimum atomic E-state index is -0.127. The Labute approximate surface area is 119 Å². The van der Waals surface area contributed by atoms with Gasteiger partial charge in [-0.3, -0.25) is 4.79 Å². The highest BCUT2D eigenvalue weighted by molar-refractivity contribution is 5.88. The van der Waals surface area contributed by atoms with Gasteiger partial charge in [0, 0.05) is 31.3 Å². The number of amides is 1. The molecule has 1 amide bonds. The quantitative estimate of drug-likeness (QED) is 0.898. The fourth-order valence-electron chi connectivity index (χ4n) is 2.09. The smallest absolute Gasteiger partial charge is 0.222 e. The number of aryl methyl sites for hydroxylation is 1. The van der Waals surface area contributed by atoms with Crippen LogP contribution in [0.15, 0.2) is 30.3 Å². The fourth-order valence-corrected chi connectivity index (χ4v) is 2.09. The van der Waals surface area contributed by atoms with Crippen molar-refractivity contribution in [1.29, 1.82) is 0 Å². The van der Waals surface area contributed by atoms with E-state index >= 15 is 0 Å². The van der Waals surface area contributed by atoms with Gasteiger partial charge in [-0.05, 0) is 31.0 Å². The number of nitrogens with zero attached hydrogens (tertiary/aromatic N) is 1. The van der Waals surface area contributed by atoms with Crippen LogP contribution in [-0.2, 0) is 4.79 Å². The number of rotatable bonds is 3. The van der Waals surface area contributed by atoms with E-state index in [9.17, 15) is 4.79 Å². The molecule has 0 spiro atoms. The number of anilines is 2. The van der Waals surface area contributed by atoms with E-state index in [1.54, 1.807) is 0 Å². The summed E-state index contributed by atoms with van der Waals surface area (Å²) >= 11 is 0. The Balaban J connectivity index is 2.55. The van der Waals surface area contributed by atoms with E-state index in [-0.39, 0.29) is 5.91 Å². The van der Waals surface area contributed by atoms with Crippen LogP contribution in [0, 0.1) is 13.8 Å². The molecule has 1 aromatic heterocycles. The fraction of sp³-hybridized carbons (Fsp3) is 0.250. The molecule has 2 rings (SSSR count). The summed E-state index contributed by atoms with van der Waals surface area (Å²) in [5.41, 5.74) is 5.26. The molecular weight excluding hydrogens is 250 g/mol. The Morgan fingerprint density at radius 3 is 2.60 bits per heavy atom. The number of aromatic nitrogens is 1. The second-order valence-electron chi connectivity index (χ2n) is 4.80. The van der Waals surface area contributed by atoms with E-state index in [2.05, 4.69) is 35.5 Å². The van der Waals surface area contributed by atoms with Gasteiger partial charge < -0.3 is 10.6 Å². The summed E-state index contributed by atoms with van der Waals surface area (Å²) in [7, 11) is 1.85. The molecule has 0 fully saturated rings. The van der Waals surface area contributed by atoms with Crippen LogP contribution in [0.3, 0.4) is 0 Å². The first-order valence-electron chi connectivity index (χ1n) is 6.55. The summed E-state index contributed by atoms with van der Waals surface area (Å²) in [5, 5.41) is 5.83. The largest absolute Gasteiger partial charge is 0.388 e. The monoisotopic (exact) mass is 269 g/mol. The minimum absolute atomic E-state index is 0.127. The molecule has 0 aliphatic heterocycles. The lowest BCUT2D eigenvalue weighted by atomic mass is 10.0. The number of carbonyl (C=O) groups is 1. The Hall–Kier alpha value is -2.36. The van der Waals surface area contributed by atoms with Crippen molar-refractivity contribution in [1.82, 2.24) is 4.98 Å². The van der Waals surface area contributed by atoms with Crippen LogP contribution in [0.5, 0.6) is 0 Å². The van der Waals surface area contributed by atoms with E-state index in [0.29, 0.717) is 5.82 Å². The van der Waals surface area contributed by atoms with Crippen molar-refractivity contribution in [2.45, 2.75) is 20.8 Å². The normalized spacial score (nSPS) is 10.2. The SMILES string of the molecule is CNc1cc(NC(C)=O)nc(-c2cccc(C)c2C)c1. The predicted octanol–water partition coefficient (Wildman–Crippen LogP) is 3.37. The van der Waals surface area contributed by atoms with Gasteiger partial charge in [0.15, 0.2) is 0 Å². The summed E-state index contributed by atoms with van der Waals surface area (Å²) in [6.07, 6.45) is 0. The molecule has 4 nitrogen and oxygen atoms in total. The second-order valence-corrected chi connectivity index (χ2v) is 4.80. The van der Waals surface area contributed by atoms with Crippen molar-refractivity contribution in [2.24, 2.45) is 0 Å². The Morgan fingerprint density at radius 2 is 1.95 bits per heavy atom. The van der Waals surface area contributed by atoms with Crippen molar-refractivity contribution in [3.63, 3.8) is 0 Å². The highest BCUT2D eigenvalue weighted by Gasteiger charge is 2.09. The highest BCUT2D eigenvalue weighted by Crippen LogP contribution is 2.27. The molecule has 0 radical (unpaired) electrons. The van der Waals surface area contributed by atoms with Gasteiger partial charge in [-0.15, -0.1) is 0 Å². The number of benzene rings is 1. The highest BCUT2D eigenvalue weighted by atomic mass is 16.1. The first-order valence-corrected chi connectivity index (χ1v) is 6.55. The maximum atomic E-state index is 11.2. The lowest BCUT2D eigenvalue weighted by Gasteiger charge is -2.12. The van der Waals surface area contributed by atoms with Crippen LogP contribution in [0.4, 0.5) is 11.5 Å². The van der Waals surface area contributed by atoms with Gasteiger partial charge in [0.05, 0.1) is 5.69 Å². The van der Waals surface area contributed by atoms with Crippen LogP contribution in [-0.4, -0.2) is 17.9 Å². The maximum Gasteiger partial charge on any atom is 0.222 e. The van der Waals surface area contributed by atoms with E-state index in [1.165, 1.54) is 18.1 Å². The Morgan fingerprint density at radius 1 is 1.20 bits per heavy atom. The molecule has 0 saturated heterocycles. The summed E-state index contributed by atoms with van der Waals surface area (Å²) in [4.78, 5) is 15.7. The summed E-state index contributed by atoms with van der Waals surface area (Å²) in [6, 6.07) is 9.93. The van der Waals surface area contributed by atoms with Crippen molar-refractivity contribution in [3.8, 4) is 11.3 Å². The zero-order chi connectivity index (χ0) is 14.7. The zero-order valence-corrected chi connectivity index (χ0v) is 12.2. The summed E-state index contributed by atoms with van der Waals surface area (Å²) < 4.78 is 0. The lowest BCUT2D eigenvalue weighted by molar-refractivity contribution is -0.114. The van der Waals surface area contributed by atoms with E-state index < -0.39 is 0 Å². The molecule has 2 aromatic rings. The molecule has 104 valence electrons. The van der Waals surface area contributed by atoms with Crippen LogP contribution < -0.4 is 10.6 Å². The minimum Gasteiger partial charge on any atom is -0.388 e. The molecule has 20 heavy (non-hydrogen) atoms. The molecule has 1 heterocycles. The summed E-state index contributed by atoms with van der Waals surface area (Å²) in [6.45, 7) is 5.64.